The maximum Gasteiger partial charge on any atom is 0.411 e. The maximum absolute atomic E-state index is 13.4. The molecule has 1 amide bonds. The predicted octanol–water partition coefficient (Wildman–Crippen LogP) is 4.90. The minimum atomic E-state index is -3.93. The number of aromatic nitrogens is 1. The van der Waals surface area contributed by atoms with Crippen LogP contribution in [-0.4, -0.2) is 51.3 Å². The average molecular weight is 544 g/mol. The van der Waals surface area contributed by atoms with Crippen LogP contribution >= 0.6 is 11.3 Å². The number of benzene rings is 2. The molecular formula is C26H33N5O4S2. The number of nitrogens with one attached hydrogen (secondary N) is 4. The van der Waals surface area contributed by atoms with Gasteiger partial charge in [-0.25, -0.2) is 22.9 Å². The Bertz CT molecular complexity index is 1340. The van der Waals surface area contributed by atoms with Crippen molar-refractivity contribution in [3.8, 4) is 21.0 Å². The second-order valence-corrected chi connectivity index (χ2v) is 12.6. The van der Waals surface area contributed by atoms with E-state index in [1.54, 1.807) is 39.1 Å². The lowest BCUT2D eigenvalue weighted by Gasteiger charge is -2.22. The normalized spacial score (nSPS) is 15.9. The average Bonchev–Trinajstić information content (AvgIpc) is 3.54. The Morgan fingerprint density at radius 2 is 1.89 bits per heavy atom. The highest BCUT2D eigenvalue weighted by atomic mass is 32.2. The molecule has 3 aromatic rings. The monoisotopic (exact) mass is 543 g/mol. The fourth-order valence-electron chi connectivity index (χ4n) is 4.02. The van der Waals surface area contributed by atoms with E-state index in [1.807, 2.05) is 31.3 Å². The Labute approximate surface area is 222 Å². The van der Waals surface area contributed by atoms with Crippen LogP contribution in [-0.2, 0) is 14.8 Å². The number of thiazole rings is 1. The second kappa shape index (κ2) is 11.2. The summed E-state index contributed by atoms with van der Waals surface area (Å²) in [7, 11) is -2.07. The molecule has 0 bridgehead atoms. The summed E-state index contributed by atoms with van der Waals surface area (Å²) < 4.78 is 34.9. The molecule has 1 atom stereocenters. The third-order valence-electron chi connectivity index (χ3n) is 5.73. The third kappa shape index (κ3) is 7.07. The molecule has 37 heavy (non-hydrogen) atoms. The van der Waals surface area contributed by atoms with Crippen molar-refractivity contribution in [3.63, 3.8) is 0 Å². The molecule has 2 heterocycles. The van der Waals surface area contributed by atoms with E-state index in [2.05, 4.69) is 25.7 Å². The van der Waals surface area contributed by atoms with Gasteiger partial charge >= 0.3 is 6.09 Å². The molecule has 9 nitrogen and oxygen atoms in total. The molecule has 1 aliphatic rings. The highest BCUT2D eigenvalue weighted by Gasteiger charge is 2.27. The van der Waals surface area contributed by atoms with E-state index in [0.717, 1.165) is 35.6 Å². The number of rotatable bonds is 8. The van der Waals surface area contributed by atoms with Gasteiger partial charge in [-0.3, -0.25) is 5.32 Å². The van der Waals surface area contributed by atoms with Crippen molar-refractivity contribution < 1.29 is 17.9 Å². The van der Waals surface area contributed by atoms with Crippen LogP contribution in [0.25, 0.3) is 21.0 Å². The molecule has 1 saturated heterocycles. The minimum absolute atomic E-state index is 0.0541. The molecule has 0 aliphatic carbocycles. The lowest BCUT2D eigenvalue weighted by molar-refractivity contribution is 0.151. The van der Waals surface area contributed by atoms with Gasteiger partial charge < -0.3 is 15.4 Å². The topological polar surface area (TPSA) is 121 Å². The number of carbonyl (C=O) groups excluding carboxylic acids is 1. The van der Waals surface area contributed by atoms with Crippen LogP contribution in [0, 0.1) is 0 Å². The molecule has 198 valence electrons. The summed E-state index contributed by atoms with van der Waals surface area (Å²) in [5, 5.41) is 9.80. The fourth-order valence-corrected chi connectivity index (χ4v) is 6.72. The molecule has 4 N–H and O–H groups in total. The molecule has 0 spiro atoms. The van der Waals surface area contributed by atoms with Crippen molar-refractivity contribution in [1.29, 1.82) is 0 Å². The maximum atomic E-state index is 13.4. The van der Waals surface area contributed by atoms with Crippen LogP contribution in [0.5, 0.6) is 0 Å². The second-order valence-electron chi connectivity index (χ2n) is 9.94. The van der Waals surface area contributed by atoms with E-state index < -0.39 is 21.7 Å². The van der Waals surface area contributed by atoms with Gasteiger partial charge in [-0.2, -0.15) is 0 Å². The molecular weight excluding hydrogens is 510 g/mol. The number of nitrogens with zero attached hydrogens (tertiary/aromatic N) is 1. The lowest BCUT2D eigenvalue weighted by atomic mass is 10.1. The minimum Gasteiger partial charge on any atom is -0.448 e. The van der Waals surface area contributed by atoms with E-state index in [1.165, 1.54) is 17.4 Å². The van der Waals surface area contributed by atoms with E-state index in [9.17, 15) is 13.2 Å². The fraction of sp³-hybridized carbons (Fsp3) is 0.385. The van der Waals surface area contributed by atoms with E-state index in [0.29, 0.717) is 16.1 Å². The summed E-state index contributed by atoms with van der Waals surface area (Å²) in [6, 6.07) is 12.8. The first-order valence-electron chi connectivity index (χ1n) is 12.1. The Kier molecular flexibility index (Phi) is 8.17. The smallest absolute Gasteiger partial charge is 0.411 e. The highest BCUT2D eigenvalue weighted by Crippen LogP contribution is 2.37. The van der Waals surface area contributed by atoms with Gasteiger partial charge in [0, 0.05) is 47.3 Å². The summed E-state index contributed by atoms with van der Waals surface area (Å²) in [4.78, 5) is 17.7. The number of hydrogen-bond acceptors (Lipinski definition) is 8. The first-order chi connectivity index (χ1) is 17.5. The van der Waals surface area contributed by atoms with Gasteiger partial charge in [0.1, 0.15) is 11.6 Å². The molecule has 1 unspecified atom stereocenters. The van der Waals surface area contributed by atoms with Gasteiger partial charge in [0.05, 0.1) is 9.77 Å². The van der Waals surface area contributed by atoms with E-state index >= 15 is 0 Å². The molecule has 0 saturated carbocycles. The molecule has 4 rings (SSSR count). The Hall–Kier alpha value is -2.99. The number of amides is 1. The molecule has 1 fully saturated rings. The molecule has 0 radical (unpaired) electrons. The van der Waals surface area contributed by atoms with Crippen LogP contribution < -0.4 is 20.7 Å². The first-order valence-corrected chi connectivity index (χ1v) is 14.4. The first kappa shape index (κ1) is 27.1. The van der Waals surface area contributed by atoms with Crippen LogP contribution in [0.2, 0.25) is 0 Å². The standard InChI is InChI=1S/C26H33N5O4S2/c1-26(2,3)31-37(33,34)23-14-19(30-25(32)35-16-20-6-5-13-28-20)11-12-21(23)22-15-29-24(36-22)17-7-9-18(27-4)10-8-17/h7-12,14-15,20,27-28,31H,5-6,13,16H2,1-4H3,(H,30,32). The molecule has 11 heteroatoms. The summed E-state index contributed by atoms with van der Waals surface area (Å²) in [5.41, 5.74) is 2.06. The van der Waals surface area contributed by atoms with Crippen LogP contribution in [0.15, 0.2) is 53.6 Å². The van der Waals surface area contributed by atoms with Gasteiger partial charge in [-0.15, -0.1) is 11.3 Å². The number of anilines is 2. The van der Waals surface area contributed by atoms with E-state index in [-0.39, 0.29) is 17.5 Å². The van der Waals surface area contributed by atoms with Crippen molar-refractivity contribution in [3.05, 3.63) is 48.7 Å². The number of carbonyl (C=O) groups is 1. The summed E-state index contributed by atoms with van der Waals surface area (Å²) in [6.45, 7) is 6.51. The summed E-state index contributed by atoms with van der Waals surface area (Å²) >= 11 is 1.40. The van der Waals surface area contributed by atoms with E-state index in [4.69, 9.17) is 4.74 Å². The zero-order valence-corrected chi connectivity index (χ0v) is 23.1. The highest BCUT2D eigenvalue weighted by molar-refractivity contribution is 7.89. The Balaban J connectivity index is 1.63. The number of ether oxygens (including phenoxy) is 1. The third-order valence-corrected chi connectivity index (χ3v) is 8.61. The number of sulfonamides is 1. The molecule has 2 aromatic carbocycles. The molecule has 1 aromatic heterocycles. The summed E-state index contributed by atoms with van der Waals surface area (Å²) in [5.74, 6) is 0. The summed E-state index contributed by atoms with van der Waals surface area (Å²) in [6.07, 6.45) is 3.06. The van der Waals surface area contributed by atoms with Gasteiger partial charge in [0.25, 0.3) is 0 Å². The lowest BCUT2D eigenvalue weighted by Crippen LogP contribution is -2.40. The van der Waals surface area contributed by atoms with Crippen LogP contribution in [0.3, 0.4) is 0 Å². The van der Waals surface area contributed by atoms with Gasteiger partial charge in [0.2, 0.25) is 10.0 Å². The van der Waals surface area contributed by atoms with Gasteiger partial charge in [-0.1, -0.05) is 6.07 Å². The predicted molar refractivity (Wildman–Crippen MR) is 149 cm³/mol. The Morgan fingerprint density at radius 1 is 1.16 bits per heavy atom. The van der Waals surface area contributed by atoms with Crippen molar-refractivity contribution in [2.45, 2.75) is 50.1 Å². The largest absolute Gasteiger partial charge is 0.448 e. The van der Waals surface area contributed by atoms with Gasteiger partial charge in [0.15, 0.2) is 0 Å². The SMILES string of the molecule is CNc1ccc(-c2ncc(-c3ccc(NC(=O)OCC4CCCN4)cc3S(=O)(=O)NC(C)(C)C)s2)cc1. The zero-order valence-electron chi connectivity index (χ0n) is 21.4. The van der Waals surface area contributed by atoms with Crippen LogP contribution in [0.1, 0.15) is 33.6 Å². The van der Waals surface area contributed by atoms with Gasteiger partial charge in [-0.05, 0) is 76.6 Å². The Morgan fingerprint density at radius 3 is 2.54 bits per heavy atom. The van der Waals surface area contributed by atoms with Crippen molar-refractivity contribution in [2.75, 3.05) is 30.8 Å². The van der Waals surface area contributed by atoms with Crippen molar-refractivity contribution in [2.24, 2.45) is 0 Å². The quantitative estimate of drug-likeness (QED) is 0.319. The molecule has 1 aliphatic heterocycles. The van der Waals surface area contributed by atoms with Crippen molar-refractivity contribution >= 4 is 38.8 Å². The number of hydrogen-bond donors (Lipinski definition) is 4. The van der Waals surface area contributed by atoms with Crippen LogP contribution in [0.4, 0.5) is 16.2 Å². The zero-order chi connectivity index (χ0) is 26.6. The van der Waals surface area contributed by atoms with Crippen molar-refractivity contribution in [1.82, 2.24) is 15.0 Å².